The lowest BCUT2D eigenvalue weighted by Crippen LogP contribution is -2.19. The van der Waals surface area contributed by atoms with Crippen LogP contribution in [0.4, 0.5) is 11.4 Å². The highest BCUT2D eigenvalue weighted by molar-refractivity contribution is 7.89. The molecule has 0 bridgehead atoms. The van der Waals surface area contributed by atoms with Crippen LogP contribution in [0.5, 0.6) is 0 Å². The van der Waals surface area contributed by atoms with Gasteiger partial charge in [0.1, 0.15) is 12.2 Å². The largest absolute Gasteiger partial charge is 0.465 e. The summed E-state index contributed by atoms with van der Waals surface area (Å²) in [7, 11) is -2.58. The minimum atomic E-state index is -3.78. The summed E-state index contributed by atoms with van der Waals surface area (Å²) in [4.78, 5) is 21.2. The predicted molar refractivity (Wildman–Crippen MR) is 74.5 cm³/mol. The SMILES string of the molecule is CCOC(=O)CNc1ccc(S(=O)(=O)NC)cc1[N+](=O)[O-]. The van der Waals surface area contributed by atoms with Crippen LogP contribution in [-0.2, 0) is 19.6 Å². The molecule has 0 aliphatic heterocycles. The van der Waals surface area contributed by atoms with Gasteiger partial charge in [-0.2, -0.15) is 0 Å². The maximum absolute atomic E-state index is 11.6. The molecule has 1 rings (SSSR count). The quantitative estimate of drug-likeness (QED) is 0.425. The molecule has 0 saturated heterocycles. The lowest BCUT2D eigenvalue weighted by atomic mass is 10.2. The zero-order valence-corrected chi connectivity index (χ0v) is 12.3. The molecule has 21 heavy (non-hydrogen) atoms. The van der Waals surface area contributed by atoms with Crippen molar-refractivity contribution in [3.05, 3.63) is 28.3 Å². The Bertz CT molecular complexity index is 643. The van der Waals surface area contributed by atoms with E-state index in [1.54, 1.807) is 6.92 Å². The smallest absolute Gasteiger partial charge is 0.325 e. The standard InChI is InChI=1S/C11H15N3O6S/c1-3-20-11(15)7-13-9-5-4-8(21(18,19)12-2)6-10(9)14(16)17/h4-6,12-13H,3,7H2,1-2H3. The van der Waals surface area contributed by atoms with E-state index in [2.05, 4.69) is 14.8 Å². The van der Waals surface area contributed by atoms with Crippen molar-refractivity contribution in [3.63, 3.8) is 0 Å². The van der Waals surface area contributed by atoms with Crippen molar-refractivity contribution < 1.29 is 22.9 Å². The fraction of sp³-hybridized carbons (Fsp3) is 0.364. The van der Waals surface area contributed by atoms with E-state index >= 15 is 0 Å². The molecule has 0 fully saturated rings. The number of carbonyl (C=O) groups is 1. The first-order valence-electron chi connectivity index (χ1n) is 5.93. The van der Waals surface area contributed by atoms with Gasteiger partial charge in [0.2, 0.25) is 10.0 Å². The molecule has 1 aromatic carbocycles. The topological polar surface area (TPSA) is 128 Å². The summed E-state index contributed by atoms with van der Waals surface area (Å²) < 4.78 is 30.0. The van der Waals surface area contributed by atoms with Crippen LogP contribution in [-0.4, -0.2) is 39.5 Å². The lowest BCUT2D eigenvalue weighted by molar-refractivity contribution is -0.384. The monoisotopic (exact) mass is 317 g/mol. The fourth-order valence-electron chi connectivity index (χ4n) is 1.48. The molecule has 0 saturated carbocycles. The Balaban J connectivity index is 3.06. The number of ether oxygens (including phenoxy) is 1. The Morgan fingerprint density at radius 3 is 2.62 bits per heavy atom. The first-order chi connectivity index (χ1) is 9.81. The van der Waals surface area contributed by atoms with Crippen molar-refractivity contribution in [2.24, 2.45) is 0 Å². The average Bonchev–Trinajstić information content (AvgIpc) is 2.45. The van der Waals surface area contributed by atoms with Crippen molar-refractivity contribution in [2.45, 2.75) is 11.8 Å². The number of sulfonamides is 1. The van der Waals surface area contributed by atoms with Crippen molar-refractivity contribution in [1.82, 2.24) is 4.72 Å². The summed E-state index contributed by atoms with van der Waals surface area (Å²) in [5.74, 6) is -0.571. The number of hydrogen-bond acceptors (Lipinski definition) is 7. The van der Waals surface area contributed by atoms with Crippen molar-refractivity contribution in [3.8, 4) is 0 Å². The van der Waals surface area contributed by atoms with Gasteiger partial charge in [0.15, 0.2) is 0 Å². The minimum absolute atomic E-state index is 0.0307. The highest BCUT2D eigenvalue weighted by atomic mass is 32.2. The number of rotatable bonds is 7. The van der Waals surface area contributed by atoms with Crippen LogP contribution in [0, 0.1) is 10.1 Å². The third-order valence-corrected chi connectivity index (χ3v) is 3.89. The van der Waals surface area contributed by atoms with Gasteiger partial charge in [-0.3, -0.25) is 14.9 Å². The second kappa shape index (κ2) is 6.99. The molecule has 0 spiro atoms. The fourth-order valence-corrected chi connectivity index (χ4v) is 2.23. The van der Waals surface area contributed by atoms with Gasteiger partial charge in [-0.15, -0.1) is 0 Å². The Kier molecular flexibility index (Phi) is 5.61. The number of hydrogen-bond donors (Lipinski definition) is 2. The minimum Gasteiger partial charge on any atom is -0.465 e. The molecule has 10 heteroatoms. The van der Waals surface area contributed by atoms with Gasteiger partial charge in [0.05, 0.1) is 16.4 Å². The van der Waals surface area contributed by atoms with E-state index in [0.717, 1.165) is 6.07 Å². The lowest BCUT2D eigenvalue weighted by Gasteiger charge is -2.08. The summed E-state index contributed by atoms with van der Waals surface area (Å²) >= 11 is 0. The average molecular weight is 317 g/mol. The van der Waals surface area contributed by atoms with Crippen molar-refractivity contribution in [2.75, 3.05) is 25.5 Å². The molecule has 0 atom stereocenters. The number of nitro benzene ring substituents is 1. The van der Waals surface area contributed by atoms with Crippen LogP contribution in [0.25, 0.3) is 0 Å². The van der Waals surface area contributed by atoms with E-state index in [-0.39, 0.29) is 23.7 Å². The highest BCUT2D eigenvalue weighted by Crippen LogP contribution is 2.27. The zero-order valence-electron chi connectivity index (χ0n) is 11.5. The van der Waals surface area contributed by atoms with Gasteiger partial charge in [0, 0.05) is 6.07 Å². The Hall–Kier alpha value is -2.20. The van der Waals surface area contributed by atoms with Gasteiger partial charge in [-0.1, -0.05) is 0 Å². The normalized spacial score (nSPS) is 11.0. The van der Waals surface area contributed by atoms with Gasteiger partial charge < -0.3 is 10.1 Å². The van der Waals surface area contributed by atoms with E-state index in [1.165, 1.54) is 19.2 Å². The van der Waals surface area contributed by atoms with E-state index in [9.17, 15) is 23.3 Å². The van der Waals surface area contributed by atoms with E-state index in [0.29, 0.717) is 0 Å². The summed E-state index contributed by atoms with van der Waals surface area (Å²) in [5, 5.41) is 13.5. The molecule has 116 valence electrons. The van der Waals surface area contributed by atoms with Crippen molar-refractivity contribution >= 4 is 27.4 Å². The second-order valence-electron chi connectivity index (χ2n) is 3.80. The Morgan fingerprint density at radius 2 is 2.10 bits per heavy atom. The maximum atomic E-state index is 11.6. The molecule has 0 radical (unpaired) electrons. The number of nitrogens with one attached hydrogen (secondary N) is 2. The van der Waals surface area contributed by atoms with Crippen LogP contribution in [0.3, 0.4) is 0 Å². The van der Waals surface area contributed by atoms with Gasteiger partial charge in [-0.25, -0.2) is 13.1 Å². The van der Waals surface area contributed by atoms with Gasteiger partial charge >= 0.3 is 5.97 Å². The van der Waals surface area contributed by atoms with E-state index < -0.39 is 26.6 Å². The number of carbonyl (C=O) groups excluding carboxylic acids is 1. The number of esters is 1. The molecule has 2 N–H and O–H groups in total. The third kappa shape index (κ3) is 4.39. The Morgan fingerprint density at radius 1 is 1.43 bits per heavy atom. The number of nitrogens with zero attached hydrogens (tertiary/aromatic N) is 1. The maximum Gasteiger partial charge on any atom is 0.325 e. The molecule has 0 aliphatic carbocycles. The Labute approximate surface area is 121 Å². The predicted octanol–water partition coefficient (Wildman–Crippen LogP) is 0.478. The number of anilines is 1. The van der Waals surface area contributed by atoms with Crippen LogP contribution >= 0.6 is 0 Å². The van der Waals surface area contributed by atoms with Gasteiger partial charge in [-0.05, 0) is 26.1 Å². The first-order valence-corrected chi connectivity index (χ1v) is 7.41. The molecule has 1 aromatic rings. The van der Waals surface area contributed by atoms with Crippen LogP contribution < -0.4 is 10.0 Å². The molecule has 0 aliphatic rings. The summed E-state index contributed by atoms with van der Waals surface area (Å²) in [6.45, 7) is 1.58. The number of benzene rings is 1. The van der Waals surface area contributed by atoms with Crippen LogP contribution in [0.1, 0.15) is 6.92 Å². The van der Waals surface area contributed by atoms with E-state index in [1.807, 2.05) is 0 Å². The third-order valence-electron chi connectivity index (χ3n) is 2.47. The van der Waals surface area contributed by atoms with Crippen molar-refractivity contribution in [1.29, 1.82) is 0 Å². The molecule has 0 aromatic heterocycles. The first kappa shape index (κ1) is 16.9. The second-order valence-corrected chi connectivity index (χ2v) is 5.69. The van der Waals surface area contributed by atoms with Crippen LogP contribution in [0.2, 0.25) is 0 Å². The molecular formula is C11H15N3O6S. The summed E-state index contributed by atoms with van der Waals surface area (Å²) in [5.41, 5.74) is -0.418. The zero-order chi connectivity index (χ0) is 16.0. The molecule has 0 unspecified atom stereocenters. The molecule has 0 amide bonds. The number of nitro groups is 1. The summed E-state index contributed by atoms with van der Waals surface area (Å²) in [6, 6.07) is 3.34. The molecule has 9 nitrogen and oxygen atoms in total. The molecule has 0 heterocycles. The van der Waals surface area contributed by atoms with E-state index in [4.69, 9.17) is 0 Å². The summed E-state index contributed by atoms with van der Waals surface area (Å²) in [6.07, 6.45) is 0. The highest BCUT2D eigenvalue weighted by Gasteiger charge is 2.20. The van der Waals surface area contributed by atoms with Gasteiger partial charge in [0.25, 0.3) is 5.69 Å². The van der Waals surface area contributed by atoms with Crippen LogP contribution in [0.15, 0.2) is 23.1 Å². The molecular weight excluding hydrogens is 302 g/mol.